The van der Waals surface area contributed by atoms with Crippen LogP contribution in [-0.4, -0.2) is 18.6 Å². The molecule has 3 nitrogen and oxygen atoms in total. The molecule has 0 atom stereocenters. The lowest BCUT2D eigenvalue weighted by Gasteiger charge is -2.19. The highest BCUT2D eigenvalue weighted by atomic mass is 16.5. The molecule has 1 aromatic carbocycles. The molecule has 0 saturated carbocycles. The molecule has 0 heterocycles. The summed E-state index contributed by atoms with van der Waals surface area (Å²) in [6, 6.07) is 7.93. The fourth-order valence-electron chi connectivity index (χ4n) is 1.49. The number of benzene rings is 1. The lowest BCUT2D eigenvalue weighted by Crippen LogP contribution is -2.20. The largest absolute Gasteiger partial charge is 0.369 e. The van der Waals surface area contributed by atoms with Crippen molar-refractivity contribution < 1.29 is 9.53 Å². The van der Waals surface area contributed by atoms with E-state index in [1.54, 1.807) is 0 Å². The van der Waals surface area contributed by atoms with E-state index in [0.29, 0.717) is 0 Å². The Bertz CT molecular complexity index is 388. The fourth-order valence-corrected chi connectivity index (χ4v) is 1.49. The normalized spacial score (nSPS) is 11.7. The molecular formula is C15H23NO2. The Balaban J connectivity index is 2.56. The van der Waals surface area contributed by atoms with Crippen LogP contribution in [0.4, 0.5) is 5.69 Å². The maximum atomic E-state index is 11.6. The Labute approximate surface area is 110 Å². The molecule has 0 aromatic heterocycles. The molecule has 1 N–H and O–H groups in total. The van der Waals surface area contributed by atoms with Crippen molar-refractivity contribution in [3.05, 3.63) is 29.8 Å². The van der Waals surface area contributed by atoms with Crippen LogP contribution in [0.3, 0.4) is 0 Å². The van der Waals surface area contributed by atoms with Gasteiger partial charge in [0.1, 0.15) is 6.61 Å². The van der Waals surface area contributed by atoms with Crippen LogP contribution in [0.25, 0.3) is 0 Å². The van der Waals surface area contributed by atoms with Gasteiger partial charge in [-0.1, -0.05) is 32.9 Å². The average molecular weight is 249 g/mol. The predicted octanol–water partition coefficient (Wildman–Crippen LogP) is 3.35. The molecule has 0 aliphatic rings. The Morgan fingerprint density at radius 1 is 1.22 bits per heavy atom. The molecule has 0 fully saturated rings. The molecule has 0 aliphatic heterocycles. The third-order valence-electron chi connectivity index (χ3n) is 2.58. The Hall–Kier alpha value is -1.35. The Morgan fingerprint density at radius 3 is 2.22 bits per heavy atom. The minimum Gasteiger partial charge on any atom is -0.369 e. The number of hydrogen-bond donors (Lipinski definition) is 1. The summed E-state index contributed by atoms with van der Waals surface area (Å²) in [5.74, 6) is -0.118. The molecular weight excluding hydrogens is 226 g/mol. The van der Waals surface area contributed by atoms with E-state index in [1.165, 1.54) is 5.56 Å². The summed E-state index contributed by atoms with van der Waals surface area (Å²) < 4.78 is 5.24. The highest BCUT2D eigenvalue weighted by molar-refractivity contribution is 5.91. The second kappa shape index (κ2) is 6.01. The predicted molar refractivity (Wildman–Crippen MR) is 74.9 cm³/mol. The molecule has 100 valence electrons. The van der Waals surface area contributed by atoms with Crippen LogP contribution < -0.4 is 5.32 Å². The first-order chi connectivity index (χ1) is 8.29. The fraction of sp³-hybridized carbons (Fsp3) is 0.533. The molecule has 0 radical (unpaired) electrons. The molecule has 0 saturated heterocycles. The van der Waals surface area contributed by atoms with Crippen LogP contribution in [0.1, 0.15) is 40.2 Å². The van der Waals surface area contributed by atoms with E-state index in [1.807, 2.05) is 38.1 Å². The minimum atomic E-state index is -0.118. The highest BCUT2D eigenvalue weighted by Gasteiger charge is 2.13. The summed E-state index contributed by atoms with van der Waals surface area (Å²) in [5.41, 5.74) is 2.18. The van der Waals surface area contributed by atoms with Gasteiger partial charge in [0.2, 0.25) is 5.91 Å². The van der Waals surface area contributed by atoms with Crippen LogP contribution in [0, 0.1) is 0 Å². The first-order valence-electron chi connectivity index (χ1n) is 6.31. The van der Waals surface area contributed by atoms with Gasteiger partial charge in [0, 0.05) is 5.69 Å². The molecule has 1 amide bonds. The number of rotatable bonds is 4. The molecule has 0 aliphatic carbocycles. The van der Waals surface area contributed by atoms with Crippen molar-refractivity contribution in [2.75, 3.05) is 11.9 Å². The number of hydrogen-bond acceptors (Lipinski definition) is 2. The molecule has 18 heavy (non-hydrogen) atoms. The van der Waals surface area contributed by atoms with E-state index in [2.05, 4.69) is 26.1 Å². The Morgan fingerprint density at radius 2 is 1.78 bits per heavy atom. The van der Waals surface area contributed by atoms with E-state index in [0.717, 1.165) is 5.69 Å². The van der Waals surface area contributed by atoms with Crippen LogP contribution >= 0.6 is 0 Å². The van der Waals surface area contributed by atoms with Crippen molar-refractivity contribution in [2.45, 2.75) is 46.1 Å². The molecule has 0 bridgehead atoms. The lowest BCUT2D eigenvalue weighted by atomic mass is 9.87. The zero-order valence-electron chi connectivity index (χ0n) is 11.9. The number of ether oxygens (including phenoxy) is 1. The monoisotopic (exact) mass is 249 g/mol. The van der Waals surface area contributed by atoms with Crippen molar-refractivity contribution in [2.24, 2.45) is 0 Å². The topological polar surface area (TPSA) is 38.3 Å². The third-order valence-corrected chi connectivity index (χ3v) is 2.58. The van der Waals surface area contributed by atoms with Gasteiger partial charge in [-0.25, -0.2) is 0 Å². The summed E-state index contributed by atoms with van der Waals surface area (Å²) in [6.07, 6.45) is 0.0685. The minimum absolute atomic E-state index is 0.0685. The molecule has 3 heteroatoms. The van der Waals surface area contributed by atoms with Crippen molar-refractivity contribution in [1.82, 2.24) is 0 Å². The zero-order chi connectivity index (χ0) is 13.8. The van der Waals surface area contributed by atoms with E-state index < -0.39 is 0 Å². The van der Waals surface area contributed by atoms with Gasteiger partial charge in [-0.05, 0) is 37.0 Å². The van der Waals surface area contributed by atoms with Gasteiger partial charge in [0.25, 0.3) is 0 Å². The van der Waals surface area contributed by atoms with Crippen LogP contribution in [0.2, 0.25) is 0 Å². The van der Waals surface area contributed by atoms with Crippen molar-refractivity contribution >= 4 is 11.6 Å². The van der Waals surface area contributed by atoms with Crippen LogP contribution in [0.5, 0.6) is 0 Å². The number of carbonyl (C=O) groups excluding carboxylic acids is 1. The summed E-state index contributed by atoms with van der Waals surface area (Å²) in [6.45, 7) is 10.4. The van der Waals surface area contributed by atoms with E-state index in [4.69, 9.17) is 4.74 Å². The zero-order valence-corrected chi connectivity index (χ0v) is 11.9. The van der Waals surface area contributed by atoms with Gasteiger partial charge >= 0.3 is 0 Å². The summed E-state index contributed by atoms with van der Waals surface area (Å²) >= 11 is 0. The van der Waals surface area contributed by atoms with Crippen molar-refractivity contribution in [3.63, 3.8) is 0 Å². The highest BCUT2D eigenvalue weighted by Crippen LogP contribution is 2.23. The summed E-state index contributed by atoms with van der Waals surface area (Å²) in [7, 11) is 0. The maximum Gasteiger partial charge on any atom is 0.250 e. The number of carbonyl (C=O) groups is 1. The number of anilines is 1. The third kappa shape index (κ3) is 4.88. The van der Waals surface area contributed by atoms with E-state index in [9.17, 15) is 4.79 Å². The smallest absolute Gasteiger partial charge is 0.250 e. The second-order valence-corrected chi connectivity index (χ2v) is 5.74. The SMILES string of the molecule is CC(C)OCC(=O)Nc1ccc(C(C)(C)C)cc1. The van der Waals surface area contributed by atoms with Crippen molar-refractivity contribution in [3.8, 4) is 0 Å². The van der Waals surface area contributed by atoms with Gasteiger partial charge in [-0.2, -0.15) is 0 Å². The summed E-state index contributed by atoms with van der Waals surface area (Å²) in [5, 5.41) is 2.81. The molecule has 1 aromatic rings. The first-order valence-corrected chi connectivity index (χ1v) is 6.31. The van der Waals surface area contributed by atoms with Crippen LogP contribution in [-0.2, 0) is 14.9 Å². The van der Waals surface area contributed by atoms with Gasteiger partial charge in [-0.15, -0.1) is 0 Å². The average Bonchev–Trinajstić information content (AvgIpc) is 2.26. The Kier molecular flexibility index (Phi) is 4.91. The maximum absolute atomic E-state index is 11.6. The van der Waals surface area contributed by atoms with Gasteiger partial charge in [-0.3, -0.25) is 4.79 Å². The van der Waals surface area contributed by atoms with Gasteiger partial charge in [0.05, 0.1) is 6.10 Å². The van der Waals surface area contributed by atoms with Gasteiger partial charge in [0.15, 0.2) is 0 Å². The molecule has 0 spiro atoms. The van der Waals surface area contributed by atoms with Crippen molar-refractivity contribution in [1.29, 1.82) is 0 Å². The number of amides is 1. The summed E-state index contributed by atoms with van der Waals surface area (Å²) in [4.78, 5) is 11.6. The molecule has 0 unspecified atom stereocenters. The van der Waals surface area contributed by atoms with Gasteiger partial charge < -0.3 is 10.1 Å². The number of nitrogens with one attached hydrogen (secondary N) is 1. The lowest BCUT2D eigenvalue weighted by molar-refractivity contribution is -0.121. The quantitative estimate of drug-likeness (QED) is 0.888. The molecule has 1 rings (SSSR count). The standard InChI is InChI=1S/C15H23NO2/c1-11(2)18-10-14(17)16-13-8-6-12(7-9-13)15(3,4)5/h6-9,11H,10H2,1-5H3,(H,16,17). The van der Waals surface area contributed by atoms with Crippen LogP contribution in [0.15, 0.2) is 24.3 Å². The van der Waals surface area contributed by atoms with E-state index >= 15 is 0 Å². The first kappa shape index (κ1) is 14.7. The second-order valence-electron chi connectivity index (χ2n) is 5.74. The van der Waals surface area contributed by atoms with E-state index in [-0.39, 0.29) is 24.0 Å².